The van der Waals surface area contributed by atoms with Gasteiger partial charge in [-0.05, 0) is 25.5 Å². The van der Waals surface area contributed by atoms with Gasteiger partial charge >= 0.3 is 0 Å². The molecule has 16 heavy (non-hydrogen) atoms. The van der Waals surface area contributed by atoms with E-state index in [1.165, 1.54) is 0 Å². The number of aromatic nitrogens is 2. The lowest BCUT2D eigenvalue weighted by Crippen LogP contribution is -1.96. The van der Waals surface area contributed by atoms with Crippen LogP contribution in [0.4, 0.5) is 0 Å². The molecule has 2 heterocycles. The predicted octanol–water partition coefficient (Wildman–Crippen LogP) is 2.52. The van der Waals surface area contributed by atoms with Gasteiger partial charge in [0.15, 0.2) is 6.29 Å². The smallest absolute Gasteiger partial charge is 0.166 e. The molecule has 0 fully saturated rings. The van der Waals surface area contributed by atoms with Gasteiger partial charge in [-0.3, -0.25) is 9.78 Å². The first kappa shape index (κ1) is 10.6. The molecule has 0 aliphatic carbocycles. The fourth-order valence-electron chi connectivity index (χ4n) is 2.10. The SMILES string of the molecule is Cc1c(-c2cccnc2)c(C)n(C)c1C=O. The Kier molecular flexibility index (Phi) is 2.60. The summed E-state index contributed by atoms with van der Waals surface area (Å²) in [5, 5.41) is 0. The first-order valence-corrected chi connectivity index (χ1v) is 5.18. The topological polar surface area (TPSA) is 34.9 Å². The Morgan fingerprint density at radius 3 is 2.62 bits per heavy atom. The molecule has 0 aliphatic rings. The number of pyridine rings is 1. The zero-order valence-corrected chi connectivity index (χ0v) is 9.69. The second kappa shape index (κ2) is 3.93. The Bertz CT molecular complexity index is 527. The zero-order valence-electron chi connectivity index (χ0n) is 9.69. The Morgan fingerprint density at radius 2 is 2.12 bits per heavy atom. The van der Waals surface area contributed by atoms with Gasteiger partial charge in [-0.25, -0.2) is 0 Å². The summed E-state index contributed by atoms with van der Waals surface area (Å²) in [7, 11) is 1.91. The van der Waals surface area contributed by atoms with Gasteiger partial charge in [0, 0.05) is 36.3 Å². The van der Waals surface area contributed by atoms with Gasteiger partial charge in [0.2, 0.25) is 0 Å². The third-order valence-electron chi connectivity index (χ3n) is 3.05. The molecule has 0 aliphatic heterocycles. The maximum Gasteiger partial charge on any atom is 0.166 e. The van der Waals surface area contributed by atoms with E-state index in [-0.39, 0.29) is 0 Å². The number of carbonyl (C=O) groups is 1. The van der Waals surface area contributed by atoms with Crippen molar-refractivity contribution in [1.82, 2.24) is 9.55 Å². The third-order valence-corrected chi connectivity index (χ3v) is 3.05. The lowest BCUT2D eigenvalue weighted by Gasteiger charge is -2.02. The Hall–Kier alpha value is -1.90. The quantitative estimate of drug-likeness (QED) is 0.720. The van der Waals surface area contributed by atoms with Crippen molar-refractivity contribution in [2.75, 3.05) is 0 Å². The van der Waals surface area contributed by atoms with Crippen molar-refractivity contribution in [2.45, 2.75) is 13.8 Å². The molecular weight excluding hydrogens is 200 g/mol. The highest BCUT2D eigenvalue weighted by atomic mass is 16.1. The second-order valence-electron chi connectivity index (χ2n) is 3.89. The fourth-order valence-corrected chi connectivity index (χ4v) is 2.10. The van der Waals surface area contributed by atoms with Gasteiger partial charge in [0.05, 0.1) is 5.69 Å². The average Bonchev–Trinajstić information content (AvgIpc) is 2.51. The van der Waals surface area contributed by atoms with Crippen molar-refractivity contribution in [1.29, 1.82) is 0 Å². The molecule has 0 bridgehead atoms. The summed E-state index contributed by atoms with van der Waals surface area (Å²) in [6.45, 7) is 3.99. The molecule has 3 heteroatoms. The van der Waals surface area contributed by atoms with Crippen LogP contribution in [0.25, 0.3) is 11.1 Å². The Balaban J connectivity index is 2.71. The van der Waals surface area contributed by atoms with Gasteiger partial charge in [-0.15, -0.1) is 0 Å². The fraction of sp³-hybridized carbons (Fsp3) is 0.231. The van der Waals surface area contributed by atoms with E-state index in [1.807, 2.05) is 43.8 Å². The van der Waals surface area contributed by atoms with Gasteiger partial charge in [-0.1, -0.05) is 6.07 Å². The van der Waals surface area contributed by atoms with Crippen LogP contribution < -0.4 is 0 Å². The molecule has 2 rings (SSSR count). The molecule has 0 N–H and O–H groups in total. The molecule has 0 amide bonds. The van der Waals surface area contributed by atoms with Crippen LogP contribution in [0.2, 0.25) is 0 Å². The molecule has 2 aromatic rings. The minimum absolute atomic E-state index is 0.733. The van der Waals surface area contributed by atoms with Crippen molar-refractivity contribution in [3.63, 3.8) is 0 Å². The summed E-state index contributed by atoms with van der Waals surface area (Å²) in [5.41, 5.74) is 5.01. The molecule has 0 unspecified atom stereocenters. The maximum absolute atomic E-state index is 11.0. The highest BCUT2D eigenvalue weighted by Gasteiger charge is 2.15. The van der Waals surface area contributed by atoms with E-state index in [2.05, 4.69) is 4.98 Å². The molecule has 82 valence electrons. The monoisotopic (exact) mass is 214 g/mol. The van der Waals surface area contributed by atoms with Crippen LogP contribution in [0.15, 0.2) is 24.5 Å². The summed E-state index contributed by atoms with van der Waals surface area (Å²) >= 11 is 0. The molecule has 3 nitrogen and oxygen atoms in total. The first-order valence-electron chi connectivity index (χ1n) is 5.18. The summed E-state index contributed by atoms with van der Waals surface area (Å²) in [6.07, 6.45) is 4.48. The minimum atomic E-state index is 0.733. The molecule has 0 spiro atoms. The van der Waals surface area contributed by atoms with Crippen LogP contribution in [0.5, 0.6) is 0 Å². The number of nitrogens with zero attached hydrogens (tertiary/aromatic N) is 2. The standard InChI is InChI=1S/C13H14N2O/c1-9-12(8-16)15(3)10(2)13(9)11-5-4-6-14-7-11/h4-8H,1-3H3. The second-order valence-corrected chi connectivity index (χ2v) is 3.89. The van der Waals surface area contributed by atoms with Crippen molar-refractivity contribution in [3.05, 3.63) is 41.5 Å². The summed E-state index contributed by atoms with van der Waals surface area (Å²) < 4.78 is 1.92. The Labute approximate surface area is 94.7 Å². The van der Waals surface area contributed by atoms with Crippen LogP contribution in [0.1, 0.15) is 21.7 Å². The molecule has 0 atom stereocenters. The van der Waals surface area contributed by atoms with Gasteiger partial charge in [0.25, 0.3) is 0 Å². The Morgan fingerprint density at radius 1 is 1.38 bits per heavy atom. The van der Waals surface area contributed by atoms with Crippen molar-refractivity contribution < 1.29 is 4.79 Å². The van der Waals surface area contributed by atoms with Crippen LogP contribution in [-0.2, 0) is 7.05 Å². The third kappa shape index (κ3) is 1.45. The number of carbonyl (C=O) groups excluding carboxylic acids is 1. The van der Waals surface area contributed by atoms with E-state index in [0.29, 0.717) is 0 Å². The molecule has 2 aromatic heterocycles. The molecule has 0 saturated heterocycles. The van der Waals surface area contributed by atoms with E-state index in [1.54, 1.807) is 6.20 Å². The summed E-state index contributed by atoms with van der Waals surface area (Å²) in [4.78, 5) is 15.1. The lowest BCUT2D eigenvalue weighted by molar-refractivity contribution is 0.111. The average molecular weight is 214 g/mol. The highest BCUT2D eigenvalue weighted by molar-refractivity contribution is 5.83. The highest BCUT2D eigenvalue weighted by Crippen LogP contribution is 2.29. The minimum Gasteiger partial charge on any atom is -0.345 e. The summed E-state index contributed by atoms with van der Waals surface area (Å²) in [6, 6.07) is 3.92. The van der Waals surface area contributed by atoms with Gasteiger partial charge in [-0.2, -0.15) is 0 Å². The lowest BCUT2D eigenvalue weighted by atomic mass is 10.0. The van der Waals surface area contributed by atoms with E-state index < -0.39 is 0 Å². The van der Waals surface area contributed by atoms with Crippen molar-refractivity contribution in [3.8, 4) is 11.1 Å². The van der Waals surface area contributed by atoms with Crippen LogP contribution in [0, 0.1) is 13.8 Å². The summed E-state index contributed by atoms with van der Waals surface area (Å²) in [5.74, 6) is 0. The van der Waals surface area contributed by atoms with Crippen molar-refractivity contribution in [2.24, 2.45) is 7.05 Å². The number of hydrogen-bond donors (Lipinski definition) is 0. The van der Waals surface area contributed by atoms with E-state index in [4.69, 9.17) is 0 Å². The number of aldehydes is 1. The maximum atomic E-state index is 11.0. The molecule has 0 saturated carbocycles. The normalized spacial score (nSPS) is 10.4. The number of hydrogen-bond acceptors (Lipinski definition) is 2. The van der Waals surface area contributed by atoms with Crippen LogP contribution >= 0.6 is 0 Å². The first-order chi connectivity index (χ1) is 7.66. The molecule has 0 aromatic carbocycles. The van der Waals surface area contributed by atoms with Gasteiger partial charge < -0.3 is 4.57 Å². The van der Waals surface area contributed by atoms with E-state index in [0.717, 1.165) is 34.4 Å². The molecular formula is C13H14N2O. The zero-order chi connectivity index (χ0) is 11.7. The van der Waals surface area contributed by atoms with Crippen molar-refractivity contribution >= 4 is 6.29 Å². The van der Waals surface area contributed by atoms with Crippen LogP contribution in [0.3, 0.4) is 0 Å². The largest absolute Gasteiger partial charge is 0.345 e. The van der Waals surface area contributed by atoms with Gasteiger partial charge in [0.1, 0.15) is 0 Å². The molecule has 0 radical (unpaired) electrons. The van der Waals surface area contributed by atoms with Crippen LogP contribution in [-0.4, -0.2) is 15.8 Å². The van der Waals surface area contributed by atoms with E-state index >= 15 is 0 Å². The predicted molar refractivity (Wildman–Crippen MR) is 63.5 cm³/mol. The van der Waals surface area contributed by atoms with E-state index in [9.17, 15) is 4.79 Å². The number of rotatable bonds is 2.